The number of aliphatic carboxylic acids is 1. The smallest absolute Gasteiger partial charge is 0.307 e. The van der Waals surface area contributed by atoms with E-state index in [0.29, 0.717) is 29.4 Å². The molecule has 1 aromatic rings. The van der Waals surface area contributed by atoms with Crippen molar-refractivity contribution in [3.05, 3.63) is 33.8 Å². The summed E-state index contributed by atoms with van der Waals surface area (Å²) in [4.78, 5) is 23.4. The van der Waals surface area contributed by atoms with Gasteiger partial charge in [-0.15, -0.1) is 0 Å². The molecule has 0 aromatic heterocycles. The van der Waals surface area contributed by atoms with Crippen LogP contribution in [0, 0.1) is 11.8 Å². The lowest BCUT2D eigenvalue weighted by Gasteiger charge is -2.27. The first kappa shape index (κ1) is 16.1. The molecule has 6 heteroatoms. The van der Waals surface area contributed by atoms with Crippen molar-refractivity contribution in [2.24, 2.45) is 11.8 Å². The maximum Gasteiger partial charge on any atom is 0.307 e. The molecule has 21 heavy (non-hydrogen) atoms. The monoisotopic (exact) mass is 329 g/mol. The number of rotatable bonds is 4. The largest absolute Gasteiger partial charge is 0.481 e. The molecule has 0 aliphatic heterocycles. The first-order valence-electron chi connectivity index (χ1n) is 6.93. The molecule has 4 nitrogen and oxygen atoms in total. The molecule has 0 unspecified atom stereocenters. The molecular formula is C15H17Cl2NO3. The molecule has 0 radical (unpaired) electrons. The van der Waals surface area contributed by atoms with Gasteiger partial charge in [0.15, 0.2) is 0 Å². The summed E-state index contributed by atoms with van der Waals surface area (Å²) in [6, 6.07) is 5.15. The molecule has 0 heterocycles. The van der Waals surface area contributed by atoms with E-state index in [1.54, 1.807) is 18.2 Å². The van der Waals surface area contributed by atoms with Crippen molar-refractivity contribution in [1.29, 1.82) is 0 Å². The highest BCUT2D eigenvalue weighted by Crippen LogP contribution is 2.30. The molecule has 2 rings (SSSR count). The summed E-state index contributed by atoms with van der Waals surface area (Å²) in [5.74, 6) is -2.11. The van der Waals surface area contributed by atoms with Gasteiger partial charge in [0.2, 0.25) is 5.91 Å². The third-order valence-electron chi connectivity index (χ3n) is 3.87. The summed E-state index contributed by atoms with van der Waals surface area (Å²) in [6.07, 6.45) is 2.96. The van der Waals surface area contributed by atoms with Crippen LogP contribution in [0.2, 0.25) is 10.0 Å². The minimum absolute atomic E-state index is 0.201. The number of benzene rings is 1. The van der Waals surface area contributed by atoms with Crippen molar-refractivity contribution >= 4 is 35.1 Å². The fraction of sp³-hybridized carbons (Fsp3) is 0.467. The molecule has 2 atom stereocenters. The van der Waals surface area contributed by atoms with Gasteiger partial charge in [-0.25, -0.2) is 0 Å². The Morgan fingerprint density at radius 3 is 2.43 bits per heavy atom. The zero-order valence-corrected chi connectivity index (χ0v) is 13.0. The van der Waals surface area contributed by atoms with Gasteiger partial charge in [-0.2, -0.15) is 0 Å². The molecule has 0 spiro atoms. The maximum absolute atomic E-state index is 12.2. The molecule has 1 aliphatic carbocycles. The highest BCUT2D eigenvalue weighted by Gasteiger charge is 2.35. The van der Waals surface area contributed by atoms with E-state index in [0.717, 1.165) is 18.4 Å². The third-order valence-corrected chi connectivity index (χ3v) is 4.61. The van der Waals surface area contributed by atoms with Crippen LogP contribution in [0.1, 0.15) is 31.2 Å². The number of hydrogen-bond donors (Lipinski definition) is 2. The van der Waals surface area contributed by atoms with E-state index in [4.69, 9.17) is 23.2 Å². The number of halogens is 2. The lowest BCUT2D eigenvalue weighted by atomic mass is 9.78. The molecule has 1 saturated carbocycles. The predicted molar refractivity (Wildman–Crippen MR) is 81.4 cm³/mol. The minimum Gasteiger partial charge on any atom is -0.481 e. The number of carbonyl (C=O) groups excluding carboxylic acids is 1. The van der Waals surface area contributed by atoms with E-state index in [1.807, 2.05) is 0 Å². The quantitative estimate of drug-likeness (QED) is 0.888. The van der Waals surface area contributed by atoms with Gasteiger partial charge in [-0.3, -0.25) is 9.59 Å². The number of nitrogens with one attached hydrogen (secondary N) is 1. The fourth-order valence-electron chi connectivity index (χ4n) is 2.71. The molecule has 114 valence electrons. The normalized spacial score (nSPS) is 21.8. The van der Waals surface area contributed by atoms with Crippen molar-refractivity contribution in [1.82, 2.24) is 5.32 Å². The van der Waals surface area contributed by atoms with Crippen LogP contribution in [-0.2, 0) is 16.1 Å². The molecule has 1 fully saturated rings. The van der Waals surface area contributed by atoms with Crippen molar-refractivity contribution < 1.29 is 14.7 Å². The van der Waals surface area contributed by atoms with Crippen molar-refractivity contribution in [2.45, 2.75) is 32.2 Å². The van der Waals surface area contributed by atoms with Crippen LogP contribution < -0.4 is 5.32 Å². The van der Waals surface area contributed by atoms with Crippen molar-refractivity contribution in [3.63, 3.8) is 0 Å². The van der Waals surface area contributed by atoms with E-state index >= 15 is 0 Å². The highest BCUT2D eigenvalue weighted by atomic mass is 35.5. The first-order valence-corrected chi connectivity index (χ1v) is 7.69. The van der Waals surface area contributed by atoms with Gasteiger partial charge in [0.25, 0.3) is 0 Å². The van der Waals surface area contributed by atoms with Crippen LogP contribution in [0.4, 0.5) is 0 Å². The topological polar surface area (TPSA) is 66.4 Å². The summed E-state index contributed by atoms with van der Waals surface area (Å²) >= 11 is 11.8. The first-order chi connectivity index (χ1) is 9.99. The van der Waals surface area contributed by atoms with Crippen molar-refractivity contribution in [3.8, 4) is 0 Å². The Morgan fingerprint density at radius 1 is 1.14 bits per heavy atom. The Bertz CT molecular complexity index is 548. The minimum atomic E-state index is -0.885. The van der Waals surface area contributed by atoms with Gasteiger partial charge in [0, 0.05) is 6.54 Å². The van der Waals surface area contributed by atoms with Crippen LogP contribution in [0.15, 0.2) is 18.2 Å². The Balaban J connectivity index is 1.96. The van der Waals surface area contributed by atoms with Gasteiger partial charge in [0.1, 0.15) is 0 Å². The maximum atomic E-state index is 12.2. The summed E-state index contributed by atoms with van der Waals surface area (Å²) in [6.45, 7) is 0.318. The average molecular weight is 330 g/mol. The zero-order chi connectivity index (χ0) is 15.4. The van der Waals surface area contributed by atoms with E-state index in [2.05, 4.69) is 5.32 Å². The fourth-order valence-corrected chi connectivity index (χ4v) is 3.03. The Morgan fingerprint density at radius 2 is 1.81 bits per heavy atom. The van der Waals surface area contributed by atoms with E-state index in [9.17, 15) is 14.7 Å². The van der Waals surface area contributed by atoms with Crippen LogP contribution >= 0.6 is 23.2 Å². The molecule has 2 N–H and O–H groups in total. The standard InChI is InChI=1S/C15H17Cl2NO3/c16-12-6-5-9(7-13(12)17)8-18-14(19)10-3-1-2-4-11(10)15(20)21/h5-7,10-11H,1-4,8H2,(H,18,19)(H,20,21)/t10-,11-/m0/s1. The lowest BCUT2D eigenvalue weighted by Crippen LogP contribution is -2.39. The second-order valence-electron chi connectivity index (χ2n) is 5.30. The second kappa shape index (κ2) is 7.14. The lowest BCUT2D eigenvalue weighted by molar-refractivity contribution is -0.148. The Labute approximate surface area is 133 Å². The molecular weight excluding hydrogens is 313 g/mol. The summed E-state index contributed by atoms with van der Waals surface area (Å²) in [5, 5.41) is 12.9. The third kappa shape index (κ3) is 4.11. The van der Waals surface area contributed by atoms with Crippen LogP contribution in [-0.4, -0.2) is 17.0 Å². The van der Waals surface area contributed by atoms with E-state index in [-0.39, 0.29) is 5.91 Å². The van der Waals surface area contributed by atoms with E-state index < -0.39 is 17.8 Å². The van der Waals surface area contributed by atoms with Gasteiger partial charge in [0.05, 0.1) is 21.9 Å². The molecule has 0 saturated heterocycles. The number of carbonyl (C=O) groups is 2. The van der Waals surface area contributed by atoms with Gasteiger partial charge >= 0.3 is 5.97 Å². The van der Waals surface area contributed by atoms with Crippen molar-refractivity contribution in [2.75, 3.05) is 0 Å². The van der Waals surface area contributed by atoms with E-state index in [1.165, 1.54) is 0 Å². The van der Waals surface area contributed by atoms with Crippen LogP contribution in [0.5, 0.6) is 0 Å². The summed E-state index contributed by atoms with van der Waals surface area (Å²) < 4.78 is 0. The molecule has 0 bridgehead atoms. The van der Waals surface area contributed by atoms with Gasteiger partial charge in [-0.05, 0) is 30.5 Å². The van der Waals surface area contributed by atoms with Gasteiger partial charge < -0.3 is 10.4 Å². The van der Waals surface area contributed by atoms with Gasteiger partial charge in [-0.1, -0.05) is 42.1 Å². The predicted octanol–water partition coefficient (Wildman–Crippen LogP) is 3.50. The Kier molecular flexibility index (Phi) is 5.48. The molecule has 1 aromatic carbocycles. The van der Waals surface area contributed by atoms with Crippen LogP contribution in [0.3, 0.4) is 0 Å². The molecule has 1 aliphatic rings. The number of carboxylic acids is 1. The SMILES string of the molecule is O=C(O)[C@H]1CCCC[C@@H]1C(=O)NCc1ccc(Cl)c(Cl)c1. The van der Waals surface area contributed by atoms with Crippen LogP contribution in [0.25, 0.3) is 0 Å². The highest BCUT2D eigenvalue weighted by molar-refractivity contribution is 6.42. The number of carboxylic acid groups (broad SMARTS) is 1. The summed E-state index contributed by atoms with van der Waals surface area (Å²) in [7, 11) is 0. The summed E-state index contributed by atoms with van der Waals surface area (Å²) in [5.41, 5.74) is 0.834. The number of hydrogen-bond acceptors (Lipinski definition) is 2. The Hall–Kier alpha value is -1.26. The zero-order valence-electron chi connectivity index (χ0n) is 11.4. The molecule has 1 amide bonds. The number of amides is 1. The second-order valence-corrected chi connectivity index (χ2v) is 6.12. The average Bonchev–Trinajstić information content (AvgIpc) is 2.48.